The highest BCUT2D eigenvalue weighted by Crippen LogP contribution is 2.04. The molecule has 2 aromatic rings. The second kappa shape index (κ2) is 10.7. The van der Waals surface area contributed by atoms with Gasteiger partial charge in [-0.25, -0.2) is 4.79 Å². The van der Waals surface area contributed by atoms with Crippen molar-refractivity contribution in [2.75, 3.05) is 39.8 Å². The monoisotopic (exact) mass is 397 g/mol. The summed E-state index contributed by atoms with van der Waals surface area (Å²) in [5, 5.41) is 2.87. The Balaban J connectivity index is 1.46. The molecule has 1 amide bonds. The van der Waals surface area contributed by atoms with Gasteiger partial charge in [-0.15, -0.1) is 0 Å². The number of ether oxygens (including phenoxy) is 1. The molecule has 0 saturated carbocycles. The summed E-state index contributed by atoms with van der Waals surface area (Å²) in [6.45, 7) is 5.42. The summed E-state index contributed by atoms with van der Waals surface area (Å²) in [5.41, 5.74) is 2.35. The molecule has 0 unspecified atom stereocenters. The van der Waals surface area contributed by atoms with Gasteiger partial charge in [0.15, 0.2) is 6.54 Å². The largest absolute Gasteiger partial charge is 0.467 e. The lowest BCUT2D eigenvalue weighted by Crippen LogP contribution is -3.28. The maximum atomic E-state index is 12.6. The maximum Gasteiger partial charge on any atom is 0.328 e. The van der Waals surface area contributed by atoms with Gasteiger partial charge in [0.2, 0.25) is 0 Å². The predicted molar refractivity (Wildman–Crippen MR) is 110 cm³/mol. The van der Waals surface area contributed by atoms with Gasteiger partial charge >= 0.3 is 5.97 Å². The SMILES string of the molecule is COC(=O)[C@@H](Cc1ccccc1)NC(=O)C[NH+]1CC[NH+](Cc2ccccc2)CC1. The van der Waals surface area contributed by atoms with Gasteiger partial charge < -0.3 is 19.9 Å². The first-order valence-corrected chi connectivity index (χ1v) is 10.3. The molecule has 1 aliphatic heterocycles. The number of carbonyl (C=O) groups excluding carboxylic acids is 2. The number of rotatable bonds is 8. The Hall–Kier alpha value is -2.70. The maximum absolute atomic E-state index is 12.6. The third kappa shape index (κ3) is 6.69. The van der Waals surface area contributed by atoms with Crippen molar-refractivity contribution in [2.24, 2.45) is 0 Å². The molecule has 0 aromatic heterocycles. The molecule has 1 saturated heterocycles. The Labute approximate surface area is 172 Å². The quantitative estimate of drug-likeness (QED) is 0.494. The summed E-state index contributed by atoms with van der Waals surface area (Å²) < 4.78 is 4.88. The van der Waals surface area contributed by atoms with Gasteiger partial charge in [0.05, 0.1) is 7.11 Å². The molecule has 0 spiro atoms. The standard InChI is InChI=1S/C23H29N3O3/c1-29-23(28)21(16-19-8-4-2-5-9-19)24-22(27)18-26-14-12-25(13-15-26)17-20-10-6-3-7-11-20/h2-11,21H,12-18H2,1H3,(H,24,27)/p+2/t21-/m1/s1. The predicted octanol–water partition coefficient (Wildman–Crippen LogP) is -1.13. The van der Waals surface area contributed by atoms with Gasteiger partial charge in [0, 0.05) is 12.0 Å². The topological polar surface area (TPSA) is 64.3 Å². The van der Waals surface area contributed by atoms with Crippen molar-refractivity contribution in [3.8, 4) is 0 Å². The van der Waals surface area contributed by atoms with Crippen molar-refractivity contribution >= 4 is 11.9 Å². The number of nitrogens with one attached hydrogen (secondary N) is 3. The number of quaternary nitrogens is 2. The van der Waals surface area contributed by atoms with E-state index in [4.69, 9.17) is 4.74 Å². The molecule has 6 heteroatoms. The molecule has 6 nitrogen and oxygen atoms in total. The fourth-order valence-corrected chi connectivity index (χ4v) is 3.85. The van der Waals surface area contributed by atoms with E-state index in [-0.39, 0.29) is 5.91 Å². The van der Waals surface area contributed by atoms with E-state index in [0.717, 1.165) is 38.3 Å². The van der Waals surface area contributed by atoms with Crippen molar-refractivity contribution in [3.63, 3.8) is 0 Å². The van der Waals surface area contributed by atoms with E-state index >= 15 is 0 Å². The summed E-state index contributed by atoms with van der Waals surface area (Å²) in [7, 11) is 1.35. The summed E-state index contributed by atoms with van der Waals surface area (Å²) in [6, 6.07) is 19.5. The van der Waals surface area contributed by atoms with E-state index in [9.17, 15) is 9.59 Å². The average Bonchev–Trinajstić information content (AvgIpc) is 2.75. The first-order valence-electron chi connectivity index (χ1n) is 10.3. The highest BCUT2D eigenvalue weighted by Gasteiger charge is 2.27. The molecule has 154 valence electrons. The molecular formula is C23H31N3O3+2. The number of hydrogen-bond donors (Lipinski definition) is 3. The van der Waals surface area contributed by atoms with Crippen LogP contribution in [0.3, 0.4) is 0 Å². The fraction of sp³-hybridized carbons (Fsp3) is 0.391. The van der Waals surface area contributed by atoms with Crippen molar-refractivity contribution in [2.45, 2.75) is 19.0 Å². The first kappa shape index (κ1) is 21.0. The lowest BCUT2D eigenvalue weighted by molar-refractivity contribution is -1.02. The van der Waals surface area contributed by atoms with E-state index in [1.54, 1.807) is 4.90 Å². The Morgan fingerprint density at radius 3 is 2.03 bits per heavy atom. The molecule has 3 N–H and O–H groups in total. The van der Waals surface area contributed by atoms with Crippen LogP contribution in [0, 0.1) is 0 Å². The van der Waals surface area contributed by atoms with E-state index in [1.807, 2.05) is 36.4 Å². The van der Waals surface area contributed by atoms with Crippen molar-refractivity contribution in [3.05, 3.63) is 71.8 Å². The molecule has 0 aliphatic carbocycles. The highest BCUT2D eigenvalue weighted by molar-refractivity contribution is 5.85. The van der Waals surface area contributed by atoms with Crippen LogP contribution >= 0.6 is 0 Å². The fourth-order valence-electron chi connectivity index (χ4n) is 3.85. The van der Waals surface area contributed by atoms with Crippen LogP contribution in [-0.2, 0) is 27.3 Å². The Bertz CT molecular complexity index is 774. The smallest absolute Gasteiger partial charge is 0.328 e. The van der Waals surface area contributed by atoms with E-state index in [1.165, 1.54) is 17.6 Å². The van der Waals surface area contributed by atoms with Crippen LogP contribution in [0.2, 0.25) is 0 Å². The summed E-state index contributed by atoms with van der Waals surface area (Å²) in [6.07, 6.45) is 0.434. The second-order valence-corrected chi connectivity index (χ2v) is 7.67. The number of carbonyl (C=O) groups is 2. The molecule has 1 aliphatic rings. The minimum atomic E-state index is -0.653. The summed E-state index contributed by atoms with van der Waals surface area (Å²) >= 11 is 0. The second-order valence-electron chi connectivity index (χ2n) is 7.67. The van der Waals surface area contributed by atoms with Gasteiger partial charge in [-0.3, -0.25) is 4.79 Å². The van der Waals surface area contributed by atoms with E-state index < -0.39 is 12.0 Å². The molecule has 1 heterocycles. The number of esters is 1. The first-order chi connectivity index (χ1) is 14.1. The summed E-state index contributed by atoms with van der Waals surface area (Å²) in [5.74, 6) is -0.507. The van der Waals surface area contributed by atoms with Gasteiger partial charge in [-0.05, 0) is 5.56 Å². The lowest BCUT2D eigenvalue weighted by atomic mass is 10.1. The van der Waals surface area contributed by atoms with Gasteiger partial charge in [-0.2, -0.15) is 0 Å². The average molecular weight is 398 g/mol. The molecule has 1 fully saturated rings. The number of hydrogen-bond acceptors (Lipinski definition) is 3. The molecule has 0 bridgehead atoms. The van der Waals surface area contributed by atoms with Crippen LogP contribution in [0.25, 0.3) is 0 Å². The normalized spacial score (nSPS) is 19.9. The molecule has 1 atom stereocenters. The third-order valence-corrected chi connectivity index (χ3v) is 5.48. The molecule has 29 heavy (non-hydrogen) atoms. The lowest BCUT2D eigenvalue weighted by Gasteiger charge is -2.29. The third-order valence-electron chi connectivity index (χ3n) is 5.48. The molecule has 0 radical (unpaired) electrons. The van der Waals surface area contributed by atoms with Gasteiger partial charge in [-0.1, -0.05) is 60.7 Å². The number of amides is 1. The number of benzene rings is 2. The highest BCUT2D eigenvalue weighted by atomic mass is 16.5. The molecule has 3 rings (SSSR count). The Morgan fingerprint density at radius 1 is 0.897 bits per heavy atom. The number of methoxy groups -OCH3 is 1. The van der Waals surface area contributed by atoms with Crippen LogP contribution < -0.4 is 15.1 Å². The van der Waals surface area contributed by atoms with E-state index in [0.29, 0.717) is 13.0 Å². The van der Waals surface area contributed by atoms with Crippen LogP contribution in [0.15, 0.2) is 60.7 Å². The number of piperazine rings is 1. The zero-order valence-corrected chi connectivity index (χ0v) is 17.0. The van der Waals surface area contributed by atoms with Gasteiger partial charge in [0.1, 0.15) is 38.8 Å². The van der Waals surface area contributed by atoms with Crippen molar-refractivity contribution in [1.29, 1.82) is 0 Å². The zero-order valence-electron chi connectivity index (χ0n) is 17.0. The zero-order chi connectivity index (χ0) is 20.5. The van der Waals surface area contributed by atoms with Crippen LogP contribution in [0.4, 0.5) is 0 Å². The van der Waals surface area contributed by atoms with Crippen molar-refractivity contribution in [1.82, 2.24) is 5.32 Å². The Kier molecular flexibility index (Phi) is 7.78. The van der Waals surface area contributed by atoms with Crippen LogP contribution in [-0.4, -0.2) is 57.8 Å². The van der Waals surface area contributed by atoms with Crippen LogP contribution in [0.1, 0.15) is 11.1 Å². The minimum absolute atomic E-state index is 0.0992. The molecular weight excluding hydrogens is 366 g/mol. The van der Waals surface area contributed by atoms with Gasteiger partial charge in [0.25, 0.3) is 5.91 Å². The minimum Gasteiger partial charge on any atom is -0.467 e. The van der Waals surface area contributed by atoms with Crippen LogP contribution in [0.5, 0.6) is 0 Å². The van der Waals surface area contributed by atoms with E-state index in [2.05, 4.69) is 29.6 Å². The Morgan fingerprint density at radius 2 is 1.45 bits per heavy atom. The molecule has 2 aromatic carbocycles. The van der Waals surface area contributed by atoms with Crippen molar-refractivity contribution < 1.29 is 24.1 Å². The summed E-state index contributed by atoms with van der Waals surface area (Å²) in [4.78, 5) is 27.5.